The number of rotatable bonds is 5. The third-order valence-electron chi connectivity index (χ3n) is 2.45. The smallest absolute Gasteiger partial charge is 0.384 e. The summed E-state index contributed by atoms with van der Waals surface area (Å²) in [6.07, 6.45) is 1.00. The fourth-order valence-corrected chi connectivity index (χ4v) is 1.90. The van der Waals surface area contributed by atoms with E-state index in [2.05, 4.69) is 19.2 Å². The summed E-state index contributed by atoms with van der Waals surface area (Å²) in [4.78, 5) is 0.225. The molecular weight excluding hydrogens is 247 g/mol. The van der Waals surface area contributed by atoms with Crippen molar-refractivity contribution in [1.82, 2.24) is 0 Å². The molecule has 0 spiro atoms. The number of benzene rings is 1. The molecule has 0 aliphatic heterocycles. The van der Waals surface area contributed by atoms with Crippen LogP contribution in [0.3, 0.4) is 0 Å². The lowest BCUT2D eigenvalue weighted by atomic mass is 10.1. The molecule has 5 heteroatoms. The second-order valence-electron chi connectivity index (χ2n) is 3.94. The molecule has 0 bridgehead atoms. The predicted octanol–water partition coefficient (Wildman–Crippen LogP) is 4.76. The first-order valence-corrected chi connectivity index (χ1v) is 6.32. The van der Waals surface area contributed by atoms with Crippen LogP contribution in [0.25, 0.3) is 0 Å². The highest BCUT2D eigenvalue weighted by Gasteiger charge is 2.30. The van der Waals surface area contributed by atoms with Crippen molar-refractivity contribution in [3.05, 3.63) is 24.3 Å². The lowest BCUT2D eigenvalue weighted by Gasteiger charge is -2.15. The Kier molecular flexibility index (Phi) is 5.18. The van der Waals surface area contributed by atoms with Crippen LogP contribution in [0.1, 0.15) is 20.3 Å². The molecule has 0 amide bonds. The van der Waals surface area contributed by atoms with Crippen molar-refractivity contribution >= 4 is 17.4 Å². The highest BCUT2D eigenvalue weighted by atomic mass is 32.2. The van der Waals surface area contributed by atoms with Crippen molar-refractivity contribution in [2.24, 2.45) is 5.92 Å². The molecule has 1 unspecified atom stereocenters. The van der Waals surface area contributed by atoms with E-state index in [4.69, 9.17) is 0 Å². The second-order valence-corrected chi connectivity index (χ2v) is 5.05. The first kappa shape index (κ1) is 14.2. The molecular formula is C12H16F3NS. The first-order valence-electron chi connectivity index (χ1n) is 5.51. The Hall–Kier alpha value is -0.840. The van der Waals surface area contributed by atoms with Crippen LogP contribution in [0, 0.1) is 5.92 Å². The third-order valence-corrected chi connectivity index (χ3v) is 3.26. The minimum Gasteiger partial charge on any atom is -0.384 e. The van der Waals surface area contributed by atoms with Gasteiger partial charge in [0.2, 0.25) is 0 Å². The summed E-state index contributed by atoms with van der Waals surface area (Å²) in [6, 6.07) is 6.51. The minimum atomic E-state index is -4.24. The zero-order valence-electron chi connectivity index (χ0n) is 9.84. The van der Waals surface area contributed by atoms with Gasteiger partial charge in [0.05, 0.1) is 0 Å². The summed E-state index contributed by atoms with van der Waals surface area (Å²) >= 11 is -0.0759. The molecule has 0 saturated carbocycles. The zero-order valence-corrected chi connectivity index (χ0v) is 10.7. The Bertz CT molecular complexity index is 352. The monoisotopic (exact) mass is 263 g/mol. The SMILES string of the molecule is CCC(C)CNc1ccccc1SC(F)(F)F. The molecule has 0 fully saturated rings. The molecule has 0 aliphatic carbocycles. The maximum absolute atomic E-state index is 12.3. The van der Waals surface area contributed by atoms with Crippen molar-refractivity contribution in [3.8, 4) is 0 Å². The molecule has 0 saturated heterocycles. The van der Waals surface area contributed by atoms with Gasteiger partial charge >= 0.3 is 5.51 Å². The van der Waals surface area contributed by atoms with Crippen LogP contribution in [0.2, 0.25) is 0 Å². The lowest BCUT2D eigenvalue weighted by Crippen LogP contribution is -2.11. The van der Waals surface area contributed by atoms with E-state index in [0.29, 0.717) is 18.2 Å². The van der Waals surface area contributed by atoms with Crippen LogP contribution in [0.15, 0.2) is 29.2 Å². The van der Waals surface area contributed by atoms with Gasteiger partial charge < -0.3 is 5.32 Å². The molecule has 1 rings (SSSR count). The van der Waals surface area contributed by atoms with E-state index in [-0.39, 0.29) is 16.7 Å². The molecule has 1 aromatic rings. The van der Waals surface area contributed by atoms with Crippen LogP contribution < -0.4 is 5.32 Å². The van der Waals surface area contributed by atoms with E-state index in [1.165, 1.54) is 6.07 Å². The predicted molar refractivity (Wildman–Crippen MR) is 66.3 cm³/mol. The van der Waals surface area contributed by atoms with Gasteiger partial charge in [-0.1, -0.05) is 32.4 Å². The molecule has 0 heterocycles. The highest BCUT2D eigenvalue weighted by molar-refractivity contribution is 8.00. The zero-order chi connectivity index (χ0) is 12.9. The summed E-state index contributed by atoms with van der Waals surface area (Å²) in [7, 11) is 0. The van der Waals surface area contributed by atoms with Gasteiger partial charge in [0, 0.05) is 17.1 Å². The van der Waals surface area contributed by atoms with E-state index in [0.717, 1.165) is 6.42 Å². The number of para-hydroxylation sites is 1. The van der Waals surface area contributed by atoms with Gasteiger partial charge in [-0.15, -0.1) is 0 Å². The molecule has 17 heavy (non-hydrogen) atoms. The average molecular weight is 263 g/mol. The Morgan fingerprint density at radius 1 is 1.29 bits per heavy atom. The van der Waals surface area contributed by atoms with Crippen LogP contribution in [-0.2, 0) is 0 Å². The third kappa shape index (κ3) is 5.35. The van der Waals surface area contributed by atoms with E-state index in [9.17, 15) is 13.2 Å². The second kappa shape index (κ2) is 6.19. The molecule has 0 radical (unpaired) electrons. The van der Waals surface area contributed by atoms with Crippen molar-refractivity contribution < 1.29 is 13.2 Å². The van der Waals surface area contributed by atoms with Crippen molar-refractivity contribution in [2.75, 3.05) is 11.9 Å². The molecule has 1 atom stereocenters. The number of alkyl halides is 3. The van der Waals surface area contributed by atoms with Gasteiger partial charge in [-0.2, -0.15) is 13.2 Å². The van der Waals surface area contributed by atoms with E-state index in [1.807, 2.05) is 0 Å². The van der Waals surface area contributed by atoms with Crippen LogP contribution in [0.4, 0.5) is 18.9 Å². The molecule has 1 nitrogen and oxygen atoms in total. The lowest BCUT2D eigenvalue weighted by molar-refractivity contribution is -0.0327. The van der Waals surface area contributed by atoms with Gasteiger partial charge in [0.15, 0.2) is 0 Å². The Morgan fingerprint density at radius 3 is 2.53 bits per heavy atom. The molecule has 0 aromatic heterocycles. The number of thioether (sulfide) groups is 1. The Balaban J connectivity index is 2.71. The van der Waals surface area contributed by atoms with Crippen molar-refractivity contribution in [1.29, 1.82) is 0 Å². The Labute approximate surface area is 104 Å². The van der Waals surface area contributed by atoms with Crippen LogP contribution >= 0.6 is 11.8 Å². The quantitative estimate of drug-likeness (QED) is 0.769. The summed E-state index contributed by atoms with van der Waals surface area (Å²) in [5, 5.41) is 3.07. The average Bonchev–Trinajstić information content (AvgIpc) is 2.25. The first-order chi connectivity index (χ1) is 7.92. The van der Waals surface area contributed by atoms with Gasteiger partial charge in [-0.05, 0) is 29.8 Å². The van der Waals surface area contributed by atoms with Crippen LogP contribution in [-0.4, -0.2) is 12.1 Å². The fourth-order valence-electron chi connectivity index (χ4n) is 1.25. The van der Waals surface area contributed by atoms with Gasteiger partial charge in [0.1, 0.15) is 0 Å². The van der Waals surface area contributed by atoms with E-state index >= 15 is 0 Å². The summed E-state index contributed by atoms with van der Waals surface area (Å²) in [6.45, 7) is 4.81. The van der Waals surface area contributed by atoms with Gasteiger partial charge in [-0.25, -0.2) is 0 Å². The summed E-state index contributed by atoms with van der Waals surface area (Å²) in [5.74, 6) is 0.443. The van der Waals surface area contributed by atoms with Gasteiger partial charge in [-0.3, -0.25) is 0 Å². The highest BCUT2D eigenvalue weighted by Crippen LogP contribution is 2.40. The summed E-state index contributed by atoms with van der Waals surface area (Å²) in [5.41, 5.74) is -3.69. The number of hydrogen-bond donors (Lipinski definition) is 1. The topological polar surface area (TPSA) is 12.0 Å². The standard InChI is InChI=1S/C12H16F3NS/c1-3-9(2)8-16-10-6-4-5-7-11(10)17-12(13,14)15/h4-7,9,16H,3,8H2,1-2H3. The molecule has 96 valence electrons. The summed E-state index contributed by atoms with van der Waals surface area (Å²) < 4.78 is 37.0. The van der Waals surface area contributed by atoms with E-state index in [1.54, 1.807) is 18.2 Å². The Morgan fingerprint density at radius 2 is 1.94 bits per heavy atom. The van der Waals surface area contributed by atoms with Gasteiger partial charge in [0.25, 0.3) is 0 Å². The van der Waals surface area contributed by atoms with Crippen LogP contribution in [0.5, 0.6) is 0 Å². The number of nitrogens with one attached hydrogen (secondary N) is 1. The number of halogens is 3. The number of anilines is 1. The molecule has 1 N–H and O–H groups in total. The maximum Gasteiger partial charge on any atom is 0.446 e. The minimum absolute atomic E-state index is 0.0759. The fraction of sp³-hybridized carbons (Fsp3) is 0.500. The maximum atomic E-state index is 12.3. The molecule has 1 aromatic carbocycles. The number of hydrogen-bond acceptors (Lipinski definition) is 2. The van der Waals surface area contributed by atoms with E-state index < -0.39 is 5.51 Å². The molecule has 0 aliphatic rings. The largest absolute Gasteiger partial charge is 0.446 e. The van der Waals surface area contributed by atoms with Crippen molar-refractivity contribution in [2.45, 2.75) is 30.7 Å². The van der Waals surface area contributed by atoms with Crippen molar-refractivity contribution in [3.63, 3.8) is 0 Å². The normalized spacial score (nSPS) is 13.5.